The molecule has 1 amide bonds. The van der Waals surface area contributed by atoms with Crippen molar-refractivity contribution in [2.75, 3.05) is 12.3 Å². The Bertz CT molecular complexity index is 828. The molecular formula is C19H23N3O6. The van der Waals surface area contributed by atoms with Gasteiger partial charge in [0.05, 0.1) is 11.0 Å². The van der Waals surface area contributed by atoms with Gasteiger partial charge in [0.2, 0.25) is 0 Å². The molecule has 9 nitrogen and oxygen atoms in total. The molecule has 9 heteroatoms. The molecule has 2 rings (SSSR count). The highest BCUT2D eigenvalue weighted by atomic mass is 16.6. The summed E-state index contributed by atoms with van der Waals surface area (Å²) in [5.41, 5.74) is 6.68. The number of aliphatic hydroxyl groups is 2. The Hall–Kier alpha value is -3.17. The van der Waals surface area contributed by atoms with Crippen molar-refractivity contribution >= 4 is 17.5 Å². The topological polar surface area (TPSA) is 148 Å². The summed E-state index contributed by atoms with van der Waals surface area (Å²) in [5.74, 6) is 0. The number of hydrogen-bond acceptors (Lipinski definition) is 7. The molecule has 2 unspecified atom stereocenters. The summed E-state index contributed by atoms with van der Waals surface area (Å²) in [4.78, 5) is 22.1. The molecule has 0 saturated heterocycles. The number of anilines is 1. The van der Waals surface area contributed by atoms with Gasteiger partial charge in [0, 0.05) is 18.2 Å². The van der Waals surface area contributed by atoms with Gasteiger partial charge in [-0.3, -0.25) is 10.1 Å². The van der Waals surface area contributed by atoms with E-state index in [1.807, 2.05) is 30.3 Å². The predicted octanol–water partition coefficient (Wildman–Crippen LogP) is 2.20. The van der Waals surface area contributed by atoms with Gasteiger partial charge in [-0.25, -0.2) is 4.79 Å². The average molecular weight is 389 g/mol. The molecule has 2 aromatic carbocycles. The van der Waals surface area contributed by atoms with Gasteiger partial charge in [0.15, 0.2) is 0 Å². The second-order valence-electron chi connectivity index (χ2n) is 6.33. The number of nitro benzene ring substituents is 1. The Morgan fingerprint density at radius 1 is 1.29 bits per heavy atom. The van der Waals surface area contributed by atoms with Crippen LogP contribution in [0.1, 0.15) is 29.2 Å². The molecule has 0 bridgehead atoms. The van der Waals surface area contributed by atoms with Crippen LogP contribution in [-0.4, -0.2) is 33.9 Å². The van der Waals surface area contributed by atoms with Crippen LogP contribution >= 0.6 is 0 Å². The summed E-state index contributed by atoms with van der Waals surface area (Å²) < 4.78 is 5.04. The molecule has 0 aliphatic heterocycles. The lowest BCUT2D eigenvalue weighted by molar-refractivity contribution is -0.384. The summed E-state index contributed by atoms with van der Waals surface area (Å²) in [6.07, 6.45) is -3.36. The van der Waals surface area contributed by atoms with Crippen molar-refractivity contribution in [3.05, 3.63) is 69.3 Å². The second-order valence-corrected chi connectivity index (χ2v) is 6.33. The zero-order valence-electron chi connectivity index (χ0n) is 15.4. The molecule has 0 spiro atoms. The molecule has 0 saturated carbocycles. The van der Waals surface area contributed by atoms with E-state index in [1.54, 1.807) is 6.92 Å². The van der Waals surface area contributed by atoms with Crippen molar-refractivity contribution in [1.82, 2.24) is 5.32 Å². The first kappa shape index (κ1) is 21.1. The van der Waals surface area contributed by atoms with Crippen LogP contribution in [0.2, 0.25) is 0 Å². The van der Waals surface area contributed by atoms with Gasteiger partial charge in [-0.2, -0.15) is 0 Å². The number of nitrogens with two attached hydrogens (primary N) is 1. The molecule has 0 heterocycles. The summed E-state index contributed by atoms with van der Waals surface area (Å²) in [7, 11) is 0. The number of carbonyl (C=O) groups is 1. The molecule has 0 radical (unpaired) electrons. The Morgan fingerprint density at radius 3 is 2.61 bits per heavy atom. The number of amides is 1. The van der Waals surface area contributed by atoms with Crippen LogP contribution in [0.4, 0.5) is 16.2 Å². The first-order chi connectivity index (χ1) is 13.3. The Balaban J connectivity index is 1.86. The van der Waals surface area contributed by atoms with Gasteiger partial charge >= 0.3 is 6.09 Å². The highest BCUT2D eigenvalue weighted by molar-refractivity contribution is 5.67. The Morgan fingerprint density at radius 2 is 1.96 bits per heavy atom. The Labute approximate surface area is 161 Å². The number of nitrogens with one attached hydrogen (secondary N) is 1. The van der Waals surface area contributed by atoms with Gasteiger partial charge in [-0.05, 0) is 24.5 Å². The zero-order valence-corrected chi connectivity index (χ0v) is 15.4. The normalized spacial score (nSPS) is 12.8. The number of nitro groups is 1. The van der Waals surface area contributed by atoms with Crippen LogP contribution in [0.15, 0.2) is 42.5 Å². The minimum Gasteiger partial charge on any atom is -0.445 e. The maximum absolute atomic E-state index is 11.7. The molecule has 2 aromatic rings. The smallest absolute Gasteiger partial charge is 0.407 e. The van der Waals surface area contributed by atoms with Gasteiger partial charge in [-0.1, -0.05) is 36.4 Å². The van der Waals surface area contributed by atoms with Crippen LogP contribution in [0, 0.1) is 17.0 Å². The van der Waals surface area contributed by atoms with Crippen LogP contribution in [0.5, 0.6) is 0 Å². The Kier molecular flexibility index (Phi) is 7.30. The number of aryl methyl sites for hydroxylation is 1. The zero-order chi connectivity index (χ0) is 20.7. The van der Waals surface area contributed by atoms with Gasteiger partial charge in [-0.15, -0.1) is 0 Å². The second kappa shape index (κ2) is 9.67. The fourth-order valence-corrected chi connectivity index (χ4v) is 2.66. The lowest BCUT2D eigenvalue weighted by atomic mass is 9.97. The standard InChI is InChI=1S/C19H23N3O6/c1-12-9-14(17(20)15(10-12)22(26)27)18(24)16(23)7-8-21-19(25)28-11-13-5-3-2-4-6-13/h2-6,9-10,16,18,23-24H,7-8,11,20H2,1H3,(H,21,25). The average Bonchev–Trinajstić information content (AvgIpc) is 2.67. The number of aliphatic hydroxyl groups excluding tert-OH is 2. The van der Waals surface area contributed by atoms with E-state index in [9.17, 15) is 25.1 Å². The van der Waals surface area contributed by atoms with Crippen LogP contribution in [0.3, 0.4) is 0 Å². The van der Waals surface area contributed by atoms with Crippen molar-refractivity contribution in [2.45, 2.75) is 32.2 Å². The molecule has 0 fully saturated rings. The van der Waals surface area contributed by atoms with Gasteiger partial charge in [0.25, 0.3) is 5.69 Å². The van der Waals surface area contributed by atoms with E-state index in [0.717, 1.165) is 5.56 Å². The van der Waals surface area contributed by atoms with E-state index in [4.69, 9.17) is 10.5 Å². The van der Waals surface area contributed by atoms with E-state index in [2.05, 4.69) is 5.32 Å². The highest BCUT2D eigenvalue weighted by Gasteiger charge is 2.25. The number of nitrogen functional groups attached to an aromatic ring is 1. The number of benzene rings is 2. The number of nitrogens with zero attached hydrogens (tertiary/aromatic N) is 1. The molecule has 2 atom stereocenters. The quantitative estimate of drug-likeness (QED) is 0.307. The summed E-state index contributed by atoms with van der Waals surface area (Å²) >= 11 is 0. The number of carbonyl (C=O) groups excluding carboxylic acids is 1. The van der Waals surface area contributed by atoms with Crippen LogP contribution in [0.25, 0.3) is 0 Å². The molecule has 5 N–H and O–H groups in total. The number of alkyl carbamates (subject to hydrolysis) is 1. The number of rotatable bonds is 8. The molecule has 0 aliphatic carbocycles. The molecule has 28 heavy (non-hydrogen) atoms. The monoisotopic (exact) mass is 389 g/mol. The van der Waals surface area contributed by atoms with Crippen molar-refractivity contribution in [2.24, 2.45) is 0 Å². The van der Waals surface area contributed by atoms with E-state index < -0.39 is 23.2 Å². The van der Waals surface area contributed by atoms with Crippen molar-refractivity contribution in [3.63, 3.8) is 0 Å². The fourth-order valence-electron chi connectivity index (χ4n) is 2.66. The van der Waals surface area contributed by atoms with E-state index >= 15 is 0 Å². The van der Waals surface area contributed by atoms with Gasteiger partial charge in [0.1, 0.15) is 18.4 Å². The largest absolute Gasteiger partial charge is 0.445 e. The maximum Gasteiger partial charge on any atom is 0.407 e. The third-order valence-electron chi connectivity index (χ3n) is 4.14. The number of hydrogen-bond donors (Lipinski definition) is 4. The minimum absolute atomic E-state index is 0.00276. The fraction of sp³-hybridized carbons (Fsp3) is 0.316. The lowest BCUT2D eigenvalue weighted by Gasteiger charge is -2.20. The third kappa shape index (κ3) is 5.66. The lowest BCUT2D eigenvalue weighted by Crippen LogP contribution is -2.30. The van der Waals surface area contributed by atoms with E-state index in [1.165, 1.54) is 12.1 Å². The van der Waals surface area contributed by atoms with E-state index in [0.29, 0.717) is 5.56 Å². The molecular weight excluding hydrogens is 366 g/mol. The van der Waals surface area contributed by atoms with Crippen molar-refractivity contribution in [1.29, 1.82) is 0 Å². The highest BCUT2D eigenvalue weighted by Crippen LogP contribution is 2.33. The summed E-state index contributed by atoms with van der Waals surface area (Å²) in [6.45, 7) is 1.78. The predicted molar refractivity (Wildman–Crippen MR) is 102 cm³/mol. The minimum atomic E-state index is -1.43. The molecule has 0 aromatic heterocycles. The summed E-state index contributed by atoms with van der Waals surface area (Å²) in [5, 5.41) is 34.0. The summed E-state index contributed by atoms with van der Waals surface area (Å²) in [6, 6.07) is 11.9. The molecule has 0 aliphatic rings. The first-order valence-corrected chi connectivity index (χ1v) is 8.64. The van der Waals surface area contributed by atoms with Crippen molar-refractivity contribution < 1.29 is 24.7 Å². The first-order valence-electron chi connectivity index (χ1n) is 8.64. The third-order valence-corrected chi connectivity index (χ3v) is 4.14. The van der Waals surface area contributed by atoms with Gasteiger partial charge < -0.3 is 26.0 Å². The van der Waals surface area contributed by atoms with Crippen LogP contribution in [-0.2, 0) is 11.3 Å². The maximum atomic E-state index is 11.7. The van der Waals surface area contributed by atoms with Crippen molar-refractivity contribution in [3.8, 4) is 0 Å². The van der Waals surface area contributed by atoms with E-state index in [-0.39, 0.29) is 36.5 Å². The molecule has 150 valence electrons. The van der Waals surface area contributed by atoms with Crippen LogP contribution < -0.4 is 11.1 Å². The SMILES string of the molecule is Cc1cc(C(O)C(O)CCNC(=O)OCc2ccccc2)c(N)c([N+](=O)[O-])c1. The number of ether oxygens (including phenoxy) is 1.